The molecule has 0 aliphatic heterocycles. The largest absolute Gasteiger partial charge is 0.456 e. The van der Waals surface area contributed by atoms with Crippen molar-refractivity contribution < 1.29 is 4.42 Å². The summed E-state index contributed by atoms with van der Waals surface area (Å²) in [6.07, 6.45) is 0. The molecule has 9 aromatic carbocycles. The molecule has 0 unspecified atom stereocenters. The lowest BCUT2D eigenvalue weighted by Crippen LogP contribution is -1.91. The van der Waals surface area contributed by atoms with Crippen LogP contribution in [0.3, 0.4) is 0 Å². The minimum Gasteiger partial charge on any atom is -0.456 e. The van der Waals surface area contributed by atoms with E-state index in [0.29, 0.717) is 0 Å². The minimum absolute atomic E-state index is 0.913. The first-order valence-electron chi connectivity index (χ1n) is 15.5. The van der Waals surface area contributed by atoms with E-state index in [1.165, 1.54) is 70.9 Å². The highest BCUT2D eigenvalue weighted by atomic mass is 16.3. The average molecular weight is 571 g/mol. The van der Waals surface area contributed by atoms with Gasteiger partial charge in [-0.1, -0.05) is 140 Å². The Labute approximate surface area is 259 Å². The van der Waals surface area contributed by atoms with Crippen LogP contribution in [0.5, 0.6) is 0 Å². The molecule has 1 heterocycles. The normalized spacial score (nSPS) is 12.0. The first-order valence-corrected chi connectivity index (χ1v) is 15.5. The predicted molar refractivity (Wildman–Crippen MR) is 191 cm³/mol. The van der Waals surface area contributed by atoms with Crippen molar-refractivity contribution in [2.45, 2.75) is 0 Å². The van der Waals surface area contributed by atoms with Crippen LogP contribution in [0.1, 0.15) is 0 Å². The Bertz CT molecular complexity index is 2740. The van der Waals surface area contributed by atoms with Gasteiger partial charge in [0.25, 0.3) is 0 Å². The van der Waals surface area contributed by atoms with Crippen LogP contribution in [-0.4, -0.2) is 0 Å². The molecule has 0 bridgehead atoms. The van der Waals surface area contributed by atoms with Gasteiger partial charge < -0.3 is 4.42 Å². The third-order valence-electron chi connectivity index (χ3n) is 9.62. The van der Waals surface area contributed by atoms with Gasteiger partial charge in [0.05, 0.1) is 0 Å². The smallest absolute Gasteiger partial charge is 0.136 e. The number of rotatable bonds is 3. The van der Waals surface area contributed by atoms with Gasteiger partial charge in [-0.2, -0.15) is 0 Å². The van der Waals surface area contributed by atoms with E-state index >= 15 is 0 Å². The van der Waals surface area contributed by atoms with Crippen molar-refractivity contribution >= 4 is 65.0 Å². The maximum atomic E-state index is 6.50. The van der Waals surface area contributed by atoms with Crippen molar-refractivity contribution in [2.75, 3.05) is 0 Å². The van der Waals surface area contributed by atoms with Crippen molar-refractivity contribution in [3.05, 3.63) is 158 Å². The zero-order valence-corrected chi connectivity index (χ0v) is 24.4. The molecule has 1 nitrogen and oxygen atoms in total. The van der Waals surface area contributed by atoms with Gasteiger partial charge in [-0.3, -0.25) is 0 Å². The molecule has 0 saturated heterocycles. The molecule has 0 radical (unpaired) electrons. The number of hydrogen-bond acceptors (Lipinski definition) is 1. The Morgan fingerprint density at radius 3 is 1.67 bits per heavy atom. The molecular formula is C44H26O. The van der Waals surface area contributed by atoms with E-state index in [2.05, 4.69) is 152 Å². The highest BCUT2D eigenvalue weighted by molar-refractivity contribution is 6.29. The molecule has 1 heteroatoms. The van der Waals surface area contributed by atoms with Crippen LogP contribution >= 0.6 is 0 Å². The monoisotopic (exact) mass is 570 g/mol. The molecule has 0 spiro atoms. The number of furan rings is 1. The summed E-state index contributed by atoms with van der Waals surface area (Å²) in [4.78, 5) is 0. The zero-order chi connectivity index (χ0) is 29.5. The highest BCUT2D eigenvalue weighted by Crippen LogP contribution is 2.46. The van der Waals surface area contributed by atoms with Crippen molar-refractivity contribution in [3.63, 3.8) is 0 Å². The third kappa shape index (κ3) is 3.56. The summed E-state index contributed by atoms with van der Waals surface area (Å²) in [5.74, 6) is 0. The summed E-state index contributed by atoms with van der Waals surface area (Å²) in [5.41, 5.74) is 9.12. The molecule has 10 rings (SSSR count). The predicted octanol–water partition coefficient (Wildman–Crippen LogP) is 12.6. The van der Waals surface area contributed by atoms with Gasteiger partial charge >= 0.3 is 0 Å². The van der Waals surface area contributed by atoms with Crippen molar-refractivity contribution in [2.24, 2.45) is 0 Å². The average Bonchev–Trinajstić information content (AvgIpc) is 3.49. The molecule has 0 saturated carbocycles. The molecule has 0 amide bonds. The van der Waals surface area contributed by atoms with E-state index in [0.717, 1.165) is 27.5 Å². The molecule has 45 heavy (non-hydrogen) atoms. The van der Waals surface area contributed by atoms with Gasteiger partial charge in [0.2, 0.25) is 0 Å². The second-order valence-electron chi connectivity index (χ2n) is 12.0. The zero-order valence-electron chi connectivity index (χ0n) is 24.4. The first kappa shape index (κ1) is 24.5. The Morgan fingerprint density at radius 2 is 0.889 bits per heavy atom. The van der Waals surface area contributed by atoms with Crippen LogP contribution in [0.15, 0.2) is 162 Å². The summed E-state index contributed by atoms with van der Waals surface area (Å²) in [5, 5.41) is 12.6. The maximum Gasteiger partial charge on any atom is 0.136 e. The second kappa shape index (κ2) is 9.29. The summed E-state index contributed by atoms with van der Waals surface area (Å²) in [7, 11) is 0. The molecule has 1 aromatic heterocycles. The van der Waals surface area contributed by atoms with Crippen LogP contribution < -0.4 is 0 Å². The summed E-state index contributed by atoms with van der Waals surface area (Å²) in [6.45, 7) is 0. The third-order valence-corrected chi connectivity index (χ3v) is 9.62. The van der Waals surface area contributed by atoms with Crippen molar-refractivity contribution in [3.8, 4) is 33.4 Å². The highest BCUT2D eigenvalue weighted by Gasteiger charge is 2.20. The maximum absolute atomic E-state index is 6.50. The topological polar surface area (TPSA) is 13.1 Å². The molecule has 0 aliphatic carbocycles. The van der Waals surface area contributed by atoms with Crippen molar-refractivity contribution in [1.29, 1.82) is 0 Å². The lowest BCUT2D eigenvalue weighted by atomic mass is 9.85. The van der Waals surface area contributed by atoms with Gasteiger partial charge in [0, 0.05) is 10.8 Å². The Kier molecular flexibility index (Phi) is 5.06. The number of para-hydroxylation sites is 1. The minimum atomic E-state index is 0.913. The van der Waals surface area contributed by atoms with Gasteiger partial charge in [-0.25, -0.2) is 0 Å². The van der Waals surface area contributed by atoms with Crippen LogP contribution in [0, 0.1) is 0 Å². The van der Waals surface area contributed by atoms with Crippen LogP contribution in [-0.2, 0) is 0 Å². The lowest BCUT2D eigenvalue weighted by Gasteiger charge is -2.18. The van der Waals surface area contributed by atoms with Gasteiger partial charge in [0.1, 0.15) is 11.2 Å². The fourth-order valence-electron chi connectivity index (χ4n) is 7.60. The number of fused-ring (bicyclic) bond motifs is 4. The molecule has 208 valence electrons. The number of benzene rings is 9. The molecular weight excluding hydrogens is 544 g/mol. The molecule has 0 atom stereocenters. The Hall–Kier alpha value is -5.92. The Morgan fingerprint density at radius 1 is 0.289 bits per heavy atom. The molecule has 0 N–H and O–H groups in total. The van der Waals surface area contributed by atoms with Gasteiger partial charge in [0.15, 0.2) is 0 Å². The first-order chi connectivity index (χ1) is 22.3. The fourth-order valence-corrected chi connectivity index (χ4v) is 7.60. The van der Waals surface area contributed by atoms with Gasteiger partial charge in [-0.05, 0) is 94.7 Å². The van der Waals surface area contributed by atoms with Crippen molar-refractivity contribution in [1.82, 2.24) is 0 Å². The van der Waals surface area contributed by atoms with Crippen LogP contribution in [0.4, 0.5) is 0 Å². The van der Waals surface area contributed by atoms with E-state index in [-0.39, 0.29) is 0 Å². The van der Waals surface area contributed by atoms with E-state index < -0.39 is 0 Å². The summed E-state index contributed by atoms with van der Waals surface area (Å²) < 4.78 is 6.50. The van der Waals surface area contributed by atoms with E-state index in [1.807, 2.05) is 6.07 Å². The lowest BCUT2D eigenvalue weighted by molar-refractivity contribution is 0.669. The van der Waals surface area contributed by atoms with E-state index in [4.69, 9.17) is 4.42 Å². The van der Waals surface area contributed by atoms with Gasteiger partial charge in [-0.15, -0.1) is 0 Å². The van der Waals surface area contributed by atoms with E-state index in [1.54, 1.807) is 0 Å². The summed E-state index contributed by atoms with van der Waals surface area (Å²) >= 11 is 0. The molecule has 0 aliphatic rings. The Balaban J connectivity index is 1.31. The molecule has 10 aromatic rings. The SMILES string of the molecule is c1ccc(-c2cc(-c3ccc4ccc5c(-c6cccc7ccccc67)ccc6ccc3c4c65)c3c(c2)oc2ccccc23)cc1. The van der Waals surface area contributed by atoms with E-state index in [9.17, 15) is 0 Å². The van der Waals surface area contributed by atoms with Crippen LogP contribution in [0.2, 0.25) is 0 Å². The van der Waals surface area contributed by atoms with Crippen LogP contribution in [0.25, 0.3) is 98.4 Å². The fraction of sp³-hybridized carbons (Fsp3) is 0. The second-order valence-corrected chi connectivity index (χ2v) is 12.0. The number of hydrogen-bond donors (Lipinski definition) is 0. The molecule has 0 fully saturated rings. The summed E-state index contributed by atoms with van der Waals surface area (Å²) in [6, 6.07) is 57.3. The standard InChI is InChI=1S/C44H26O/c1-2-9-27(10-3-1)31-25-39(44-38-14-6-7-16-40(38)45-41(44)26-31)35-22-18-30-19-23-36-34(21-17-29-20-24-37(35)43(30)42(29)36)33-15-8-12-28-11-4-5-13-32(28)33/h1-26H. The quantitative estimate of drug-likeness (QED) is 0.193.